The molecule has 4 heterocycles. The SMILES string of the molecule is CC[n+]1cc(C2=N/C=C/CC(C)/C(NCc3ccc(-c4cnn(C)c4)cc3)=C\2)n2ccc(F)cc21. The van der Waals surface area contributed by atoms with Crippen LogP contribution in [0.4, 0.5) is 4.39 Å². The van der Waals surface area contributed by atoms with Gasteiger partial charge in [0, 0.05) is 43.3 Å². The number of imidazole rings is 1. The van der Waals surface area contributed by atoms with Gasteiger partial charge in [0.15, 0.2) is 5.69 Å². The predicted octanol–water partition coefficient (Wildman–Crippen LogP) is 4.80. The molecule has 0 saturated carbocycles. The van der Waals surface area contributed by atoms with Gasteiger partial charge in [-0.2, -0.15) is 9.50 Å². The minimum atomic E-state index is -0.245. The van der Waals surface area contributed by atoms with Gasteiger partial charge >= 0.3 is 0 Å². The molecule has 1 aliphatic rings. The number of fused-ring (bicyclic) bond motifs is 1. The van der Waals surface area contributed by atoms with Gasteiger partial charge in [-0.05, 0) is 36.5 Å². The lowest BCUT2D eigenvalue weighted by molar-refractivity contribution is -0.667. The van der Waals surface area contributed by atoms with Crippen LogP contribution in [0, 0.1) is 11.7 Å². The zero-order valence-electron chi connectivity index (χ0n) is 20.3. The molecule has 5 rings (SSSR count). The Morgan fingerprint density at radius 1 is 1.17 bits per heavy atom. The Labute approximate surface area is 204 Å². The Morgan fingerprint density at radius 3 is 2.74 bits per heavy atom. The molecule has 1 aliphatic heterocycles. The van der Waals surface area contributed by atoms with Crippen molar-refractivity contribution in [1.82, 2.24) is 19.5 Å². The first-order valence-corrected chi connectivity index (χ1v) is 12.0. The molecule has 3 aromatic heterocycles. The number of nitrogens with zero attached hydrogens (tertiary/aromatic N) is 5. The van der Waals surface area contributed by atoms with Gasteiger partial charge in [0.2, 0.25) is 0 Å². The second-order valence-electron chi connectivity index (χ2n) is 8.96. The van der Waals surface area contributed by atoms with E-state index in [2.05, 4.69) is 60.7 Å². The summed E-state index contributed by atoms with van der Waals surface area (Å²) in [5.74, 6) is 0.0679. The number of allylic oxidation sites excluding steroid dienone is 3. The van der Waals surface area contributed by atoms with Crippen LogP contribution in [-0.4, -0.2) is 19.9 Å². The number of pyridine rings is 1. The number of benzene rings is 1. The van der Waals surface area contributed by atoms with Crippen molar-refractivity contribution in [1.29, 1.82) is 0 Å². The highest BCUT2D eigenvalue weighted by atomic mass is 19.1. The van der Waals surface area contributed by atoms with E-state index in [0.717, 1.165) is 53.4 Å². The molecule has 0 spiro atoms. The number of rotatable bonds is 6. The standard InChI is InChI=1S/C28H30FN6/c1-4-34-19-27(35-13-11-24(29)14-28(34)35)26-15-25(20(2)6-5-12-30-26)31-16-21-7-9-22(10-8-21)23-17-32-33(3)18-23/h5,7-15,17-20,31H,4,6,16H2,1-3H3/q+1/b12-5+,25-15+,30-26+. The van der Waals surface area contributed by atoms with Crippen LogP contribution < -0.4 is 9.88 Å². The first kappa shape index (κ1) is 22.8. The van der Waals surface area contributed by atoms with Crippen LogP contribution in [0.1, 0.15) is 31.5 Å². The normalized spacial score (nSPS) is 19.9. The molecule has 1 N–H and O–H groups in total. The Morgan fingerprint density at radius 2 is 2.00 bits per heavy atom. The van der Waals surface area contributed by atoms with Crippen LogP contribution in [0.2, 0.25) is 0 Å². The Bertz CT molecular complexity index is 1440. The van der Waals surface area contributed by atoms with Gasteiger partial charge in [-0.3, -0.25) is 9.67 Å². The van der Waals surface area contributed by atoms with Crippen LogP contribution in [0.25, 0.3) is 16.8 Å². The number of hydrogen-bond acceptors (Lipinski definition) is 3. The summed E-state index contributed by atoms with van der Waals surface area (Å²) in [5.41, 5.74) is 7.18. The number of aryl methyl sites for hydroxylation is 2. The van der Waals surface area contributed by atoms with Crippen molar-refractivity contribution in [2.45, 2.75) is 33.4 Å². The van der Waals surface area contributed by atoms with Crippen LogP contribution in [-0.2, 0) is 20.1 Å². The van der Waals surface area contributed by atoms with Crippen molar-refractivity contribution >= 4 is 11.4 Å². The Hall–Kier alpha value is -4.00. The third kappa shape index (κ3) is 4.80. The molecule has 4 aromatic rings. The zero-order valence-corrected chi connectivity index (χ0v) is 20.3. The fraction of sp³-hybridized carbons (Fsp3) is 0.250. The molecule has 0 bridgehead atoms. The summed E-state index contributed by atoms with van der Waals surface area (Å²) in [6, 6.07) is 11.6. The summed E-state index contributed by atoms with van der Waals surface area (Å²) in [6.45, 7) is 5.74. The molecular weight excluding hydrogens is 439 g/mol. The molecule has 1 unspecified atom stereocenters. The molecule has 35 heavy (non-hydrogen) atoms. The minimum absolute atomic E-state index is 0.245. The first-order chi connectivity index (χ1) is 17.0. The van der Waals surface area contributed by atoms with E-state index in [1.54, 1.807) is 12.3 Å². The van der Waals surface area contributed by atoms with Crippen LogP contribution in [0.3, 0.4) is 0 Å². The molecule has 1 atom stereocenters. The van der Waals surface area contributed by atoms with Gasteiger partial charge in [-0.15, -0.1) is 0 Å². The second-order valence-corrected chi connectivity index (χ2v) is 8.96. The molecule has 0 saturated heterocycles. The van der Waals surface area contributed by atoms with Gasteiger partial charge in [0.1, 0.15) is 17.7 Å². The Balaban J connectivity index is 1.41. The van der Waals surface area contributed by atoms with Crippen LogP contribution in [0.15, 0.2) is 90.2 Å². The zero-order chi connectivity index (χ0) is 24.4. The quantitative estimate of drug-likeness (QED) is 0.413. The van der Waals surface area contributed by atoms with Crippen molar-refractivity contribution < 1.29 is 8.96 Å². The van der Waals surface area contributed by atoms with Gasteiger partial charge in [0.25, 0.3) is 5.65 Å². The summed E-state index contributed by atoms with van der Waals surface area (Å²) >= 11 is 0. The summed E-state index contributed by atoms with van der Waals surface area (Å²) in [4.78, 5) is 4.74. The number of aromatic nitrogens is 4. The van der Waals surface area contributed by atoms with Gasteiger partial charge in [0.05, 0.1) is 25.0 Å². The highest BCUT2D eigenvalue weighted by Crippen LogP contribution is 2.21. The maximum atomic E-state index is 13.9. The van der Waals surface area contributed by atoms with Crippen molar-refractivity contribution in [2.24, 2.45) is 18.0 Å². The Kier molecular flexibility index (Phi) is 6.31. The van der Waals surface area contributed by atoms with E-state index in [9.17, 15) is 4.39 Å². The second kappa shape index (κ2) is 9.70. The number of nitrogens with one attached hydrogen (secondary N) is 1. The van der Waals surface area contributed by atoms with E-state index >= 15 is 0 Å². The third-order valence-corrected chi connectivity index (χ3v) is 6.45. The smallest absolute Gasteiger partial charge is 0.289 e. The third-order valence-electron chi connectivity index (χ3n) is 6.45. The predicted molar refractivity (Wildman–Crippen MR) is 136 cm³/mol. The molecule has 0 radical (unpaired) electrons. The van der Waals surface area contributed by atoms with Crippen molar-refractivity contribution in [2.75, 3.05) is 0 Å². The average molecular weight is 470 g/mol. The monoisotopic (exact) mass is 469 g/mol. The summed E-state index contributed by atoms with van der Waals surface area (Å²) < 4.78 is 19.8. The maximum Gasteiger partial charge on any atom is 0.289 e. The molecule has 178 valence electrons. The molecule has 0 aliphatic carbocycles. The van der Waals surface area contributed by atoms with Crippen molar-refractivity contribution in [3.63, 3.8) is 0 Å². The average Bonchev–Trinajstić information content (AvgIpc) is 3.45. The van der Waals surface area contributed by atoms with E-state index in [1.165, 1.54) is 11.6 Å². The van der Waals surface area contributed by atoms with Crippen molar-refractivity contribution in [3.05, 3.63) is 102 Å². The minimum Gasteiger partial charge on any atom is -0.384 e. The lowest BCUT2D eigenvalue weighted by Gasteiger charge is -2.18. The van der Waals surface area contributed by atoms with E-state index < -0.39 is 0 Å². The first-order valence-electron chi connectivity index (χ1n) is 12.0. The van der Waals surface area contributed by atoms with Gasteiger partial charge < -0.3 is 5.32 Å². The molecule has 0 amide bonds. The molecular formula is C28H30FN6+. The van der Waals surface area contributed by atoms with Gasteiger partial charge in [-0.1, -0.05) is 37.3 Å². The van der Waals surface area contributed by atoms with E-state index in [-0.39, 0.29) is 5.82 Å². The largest absolute Gasteiger partial charge is 0.384 e. The molecule has 1 aromatic carbocycles. The number of hydrogen-bond donors (Lipinski definition) is 1. The van der Waals surface area contributed by atoms with E-state index in [4.69, 9.17) is 4.99 Å². The lowest BCUT2D eigenvalue weighted by atomic mass is 10.00. The summed E-state index contributed by atoms with van der Waals surface area (Å²) in [5, 5.41) is 7.91. The molecule has 0 fully saturated rings. The van der Waals surface area contributed by atoms with Crippen molar-refractivity contribution in [3.8, 4) is 11.1 Å². The molecule has 6 nitrogen and oxygen atoms in total. The summed E-state index contributed by atoms with van der Waals surface area (Å²) in [6.07, 6.45) is 14.7. The van der Waals surface area contributed by atoms with Crippen LogP contribution >= 0.6 is 0 Å². The van der Waals surface area contributed by atoms with E-state index in [0.29, 0.717) is 5.92 Å². The van der Waals surface area contributed by atoms with Gasteiger partial charge in [-0.25, -0.2) is 8.96 Å². The fourth-order valence-electron chi connectivity index (χ4n) is 4.41. The molecule has 7 heteroatoms. The number of halogens is 1. The lowest BCUT2D eigenvalue weighted by Crippen LogP contribution is -2.30. The summed E-state index contributed by atoms with van der Waals surface area (Å²) in [7, 11) is 1.93. The topological polar surface area (TPSA) is 50.5 Å². The fourth-order valence-corrected chi connectivity index (χ4v) is 4.41. The van der Waals surface area contributed by atoms with Crippen LogP contribution in [0.5, 0.6) is 0 Å². The maximum absolute atomic E-state index is 13.9. The number of aliphatic imine (C=N–C) groups is 1. The van der Waals surface area contributed by atoms with E-state index in [1.807, 2.05) is 45.5 Å². The highest BCUT2D eigenvalue weighted by Gasteiger charge is 2.21. The highest BCUT2D eigenvalue weighted by molar-refractivity contribution is 6.08.